The molecule has 1 N–H and O–H groups in total. The molecule has 1 aromatic carbocycles. The minimum Gasteiger partial charge on any atom is -0.344 e. The van der Waals surface area contributed by atoms with Crippen LogP contribution in [0.25, 0.3) is 0 Å². The molecule has 4 aromatic rings. The van der Waals surface area contributed by atoms with E-state index in [1.807, 2.05) is 40.6 Å². The van der Waals surface area contributed by atoms with E-state index in [2.05, 4.69) is 21.6 Å². The van der Waals surface area contributed by atoms with Crippen LogP contribution in [0.15, 0.2) is 64.4 Å². The van der Waals surface area contributed by atoms with Gasteiger partial charge in [0, 0.05) is 23.2 Å². The average molecular weight is 459 g/mol. The number of thioether (sulfide) groups is 1. The molecule has 0 aliphatic heterocycles. The second-order valence-electron chi connectivity index (χ2n) is 6.57. The molecule has 0 radical (unpaired) electrons. The predicted molar refractivity (Wildman–Crippen MR) is 120 cm³/mol. The van der Waals surface area contributed by atoms with E-state index in [0.29, 0.717) is 5.16 Å². The predicted octanol–water partition coefficient (Wildman–Crippen LogP) is 4.67. The fraction of sp³-hybridized carbons (Fsp3) is 0.190. The Kier molecular flexibility index (Phi) is 6.61. The minimum atomic E-state index is -0.312. The maximum Gasteiger partial charge on any atom is 0.231 e. The van der Waals surface area contributed by atoms with Gasteiger partial charge >= 0.3 is 0 Å². The first-order chi connectivity index (χ1) is 14.6. The molecule has 0 bridgehead atoms. The number of nitrogens with one attached hydrogen (secondary N) is 1. The molecule has 4 rings (SSSR count). The normalized spacial score (nSPS) is 12.1. The molecule has 0 aliphatic rings. The molecule has 1 amide bonds. The van der Waals surface area contributed by atoms with Gasteiger partial charge in [-0.05, 0) is 40.6 Å². The summed E-state index contributed by atoms with van der Waals surface area (Å²) in [6, 6.07) is 13.9. The summed E-state index contributed by atoms with van der Waals surface area (Å²) in [7, 11) is 1.91. The molecule has 0 fully saturated rings. The number of nitrogens with zero attached hydrogens (tertiary/aromatic N) is 3. The lowest BCUT2D eigenvalue weighted by Gasteiger charge is -2.18. The zero-order chi connectivity index (χ0) is 20.9. The standard InChI is InChI=1S/C21H19FN4OS3/c1-26-18(12-16-4-2-10-28-16)24-25-21(26)30-13-19(27)23-20(17-5-3-11-29-17)14-6-8-15(22)9-7-14/h2-11,20H,12-13H2,1H3,(H,23,27)/t20-/m0/s1. The summed E-state index contributed by atoms with van der Waals surface area (Å²) >= 11 is 4.59. The number of carbonyl (C=O) groups excluding carboxylic acids is 1. The Balaban J connectivity index is 1.41. The van der Waals surface area contributed by atoms with Gasteiger partial charge in [-0.2, -0.15) is 0 Å². The highest BCUT2D eigenvalue weighted by Crippen LogP contribution is 2.27. The lowest BCUT2D eigenvalue weighted by Crippen LogP contribution is -2.30. The van der Waals surface area contributed by atoms with E-state index in [4.69, 9.17) is 0 Å². The van der Waals surface area contributed by atoms with E-state index in [0.717, 1.165) is 22.7 Å². The maximum absolute atomic E-state index is 13.3. The molecule has 30 heavy (non-hydrogen) atoms. The molecule has 0 spiro atoms. The van der Waals surface area contributed by atoms with Gasteiger partial charge in [0.1, 0.15) is 11.6 Å². The Morgan fingerprint density at radius 2 is 1.90 bits per heavy atom. The van der Waals surface area contributed by atoms with Crippen molar-refractivity contribution < 1.29 is 9.18 Å². The first-order valence-electron chi connectivity index (χ1n) is 9.22. The van der Waals surface area contributed by atoms with Gasteiger partial charge in [0.2, 0.25) is 5.91 Å². The molecular weight excluding hydrogens is 439 g/mol. The Morgan fingerprint density at radius 3 is 2.60 bits per heavy atom. The highest BCUT2D eigenvalue weighted by Gasteiger charge is 2.19. The van der Waals surface area contributed by atoms with Crippen LogP contribution >= 0.6 is 34.4 Å². The van der Waals surface area contributed by atoms with Gasteiger partial charge in [0.15, 0.2) is 5.16 Å². The summed E-state index contributed by atoms with van der Waals surface area (Å²) in [5.74, 6) is 0.661. The van der Waals surface area contributed by atoms with Crippen LogP contribution in [0.1, 0.15) is 27.2 Å². The zero-order valence-electron chi connectivity index (χ0n) is 16.1. The summed E-state index contributed by atoms with van der Waals surface area (Å²) in [4.78, 5) is 14.9. The molecule has 3 heterocycles. The van der Waals surface area contributed by atoms with E-state index < -0.39 is 0 Å². The smallest absolute Gasteiger partial charge is 0.231 e. The third-order valence-corrected chi connectivity index (χ3v) is 7.34. The number of benzene rings is 1. The first kappa shape index (κ1) is 20.8. The highest BCUT2D eigenvalue weighted by molar-refractivity contribution is 7.99. The number of hydrogen-bond acceptors (Lipinski definition) is 6. The Hall–Kier alpha value is -2.49. The molecule has 0 unspecified atom stereocenters. The van der Waals surface area contributed by atoms with E-state index in [1.54, 1.807) is 34.8 Å². The van der Waals surface area contributed by atoms with Crippen molar-refractivity contribution in [3.63, 3.8) is 0 Å². The van der Waals surface area contributed by atoms with Crippen LogP contribution in [-0.2, 0) is 18.3 Å². The number of carbonyl (C=O) groups is 1. The summed E-state index contributed by atoms with van der Waals surface area (Å²) in [6.07, 6.45) is 0.721. The van der Waals surface area contributed by atoms with E-state index in [1.165, 1.54) is 28.8 Å². The van der Waals surface area contributed by atoms with Gasteiger partial charge in [0.25, 0.3) is 0 Å². The van der Waals surface area contributed by atoms with Crippen molar-refractivity contribution in [2.75, 3.05) is 5.75 Å². The topological polar surface area (TPSA) is 59.8 Å². The monoisotopic (exact) mass is 458 g/mol. The third kappa shape index (κ3) is 4.97. The summed E-state index contributed by atoms with van der Waals surface area (Å²) in [6.45, 7) is 0. The number of rotatable bonds is 8. The molecular formula is C21H19FN4OS3. The van der Waals surface area contributed by atoms with Crippen LogP contribution in [0, 0.1) is 5.82 Å². The molecule has 0 aliphatic carbocycles. The third-order valence-electron chi connectivity index (χ3n) is 4.51. The van der Waals surface area contributed by atoms with Crippen LogP contribution in [0.5, 0.6) is 0 Å². The maximum atomic E-state index is 13.3. The molecule has 5 nitrogen and oxygen atoms in total. The van der Waals surface area contributed by atoms with Gasteiger partial charge in [0.05, 0.1) is 11.8 Å². The molecule has 0 saturated carbocycles. The fourth-order valence-electron chi connectivity index (χ4n) is 2.96. The largest absolute Gasteiger partial charge is 0.344 e. The van der Waals surface area contributed by atoms with E-state index in [9.17, 15) is 9.18 Å². The number of halogens is 1. The van der Waals surface area contributed by atoms with Crippen LogP contribution in [0.3, 0.4) is 0 Å². The van der Waals surface area contributed by atoms with Crippen molar-refractivity contribution in [3.8, 4) is 0 Å². The molecule has 1 atom stereocenters. The zero-order valence-corrected chi connectivity index (χ0v) is 18.6. The molecule has 3 aromatic heterocycles. The lowest BCUT2D eigenvalue weighted by atomic mass is 10.1. The Morgan fingerprint density at radius 1 is 1.13 bits per heavy atom. The van der Waals surface area contributed by atoms with Crippen molar-refractivity contribution in [1.82, 2.24) is 20.1 Å². The van der Waals surface area contributed by atoms with Crippen molar-refractivity contribution in [2.45, 2.75) is 17.6 Å². The van der Waals surface area contributed by atoms with Gasteiger partial charge in [-0.1, -0.05) is 36.0 Å². The van der Waals surface area contributed by atoms with Gasteiger partial charge in [-0.15, -0.1) is 32.9 Å². The molecule has 9 heteroatoms. The quantitative estimate of drug-likeness (QED) is 0.390. The van der Waals surface area contributed by atoms with Crippen LogP contribution in [0.4, 0.5) is 4.39 Å². The molecule has 0 saturated heterocycles. The van der Waals surface area contributed by atoms with Crippen molar-refractivity contribution in [1.29, 1.82) is 0 Å². The minimum absolute atomic E-state index is 0.120. The average Bonchev–Trinajstić information content (AvgIpc) is 3.50. The first-order valence-corrected chi connectivity index (χ1v) is 12.0. The summed E-state index contributed by atoms with van der Waals surface area (Å²) < 4.78 is 15.2. The number of hydrogen-bond donors (Lipinski definition) is 1. The summed E-state index contributed by atoms with van der Waals surface area (Å²) in [5, 5.41) is 16.2. The second kappa shape index (κ2) is 9.55. The van der Waals surface area contributed by atoms with Gasteiger partial charge < -0.3 is 9.88 Å². The van der Waals surface area contributed by atoms with Gasteiger partial charge in [-0.3, -0.25) is 4.79 Å². The number of amides is 1. The van der Waals surface area contributed by atoms with E-state index in [-0.39, 0.29) is 23.5 Å². The second-order valence-corrected chi connectivity index (χ2v) is 9.52. The summed E-state index contributed by atoms with van der Waals surface area (Å²) in [5.41, 5.74) is 0.842. The van der Waals surface area contributed by atoms with Crippen molar-refractivity contribution in [3.05, 3.63) is 86.3 Å². The fourth-order valence-corrected chi connectivity index (χ4v) is 5.20. The Bertz CT molecular complexity index is 1090. The van der Waals surface area contributed by atoms with Gasteiger partial charge in [-0.25, -0.2) is 4.39 Å². The van der Waals surface area contributed by atoms with Crippen LogP contribution in [-0.4, -0.2) is 26.4 Å². The number of aromatic nitrogens is 3. The van der Waals surface area contributed by atoms with Crippen LogP contribution < -0.4 is 5.32 Å². The van der Waals surface area contributed by atoms with E-state index >= 15 is 0 Å². The number of thiophene rings is 2. The Labute approximate surface area is 186 Å². The molecule has 154 valence electrons. The SMILES string of the molecule is Cn1c(Cc2cccs2)nnc1SCC(=O)N[C@@H](c1ccc(F)cc1)c1cccs1. The van der Waals surface area contributed by atoms with Crippen molar-refractivity contribution in [2.24, 2.45) is 7.05 Å². The van der Waals surface area contributed by atoms with Crippen LogP contribution in [0.2, 0.25) is 0 Å². The lowest BCUT2D eigenvalue weighted by molar-refractivity contribution is -0.119. The highest BCUT2D eigenvalue weighted by atomic mass is 32.2. The van der Waals surface area contributed by atoms with Crippen molar-refractivity contribution >= 4 is 40.3 Å².